The van der Waals surface area contributed by atoms with Crippen LogP contribution in [-0.4, -0.2) is 30.9 Å². The highest BCUT2D eigenvalue weighted by Gasteiger charge is 2.35. The maximum Gasteiger partial charge on any atom is 0.306 e. The fourth-order valence-electron chi connectivity index (χ4n) is 6.65. The fraction of sp³-hybridized carbons (Fsp3) is 0.293. The van der Waals surface area contributed by atoms with E-state index in [1.807, 2.05) is 57.2 Å². The van der Waals surface area contributed by atoms with Crippen LogP contribution in [0.5, 0.6) is 11.5 Å². The molecule has 0 radical (unpaired) electrons. The molecule has 6 aromatic rings. The fourth-order valence-corrected chi connectivity index (χ4v) is 6.65. The van der Waals surface area contributed by atoms with Gasteiger partial charge in [-0.1, -0.05) is 67.1 Å². The number of aliphatic hydroxyl groups is 1. The minimum atomic E-state index is -1.45. The molecule has 0 aromatic heterocycles. The predicted molar refractivity (Wildman–Crippen MR) is 186 cm³/mol. The highest BCUT2D eigenvalue weighted by atomic mass is 16.6. The van der Waals surface area contributed by atoms with E-state index in [0.717, 1.165) is 70.2 Å². The highest BCUT2D eigenvalue weighted by molar-refractivity contribution is 6.23. The molecule has 6 aromatic carbocycles. The van der Waals surface area contributed by atoms with E-state index in [-0.39, 0.29) is 5.97 Å². The molecule has 0 aliphatic rings. The number of hydrogen-bond donors (Lipinski definition) is 1. The van der Waals surface area contributed by atoms with E-state index in [1.54, 1.807) is 14.2 Å². The van der Waals surface area contributed by atoms with Crippen LogP contribution in [0.15, 0.2) is 97.1 Å². The first-order valence-corrected chi connectivity index (χ1v) is 16.0. The van der Waals surface area contributed by atoms with Crippen LogP contribution in [0.4, 0.5) is 0 Å². The van der Waals surface area contributed by atoms with Crippen LogP contribution in [0.2, 0.25) is 0 Å². The predicted octanol–water partition coefficient (Wildman–Crippen LogP) is 9.33. The van der Waals surface area contributed by atoms with E-state index in [0.29, 0.717) is 6.42 Å². The number of hydrogen-bond acceptors (Lipinski definition) is 5. The summed E-state index contributed by atoms with van der Waals surface area (Å²) in [6.07, 6.45) is 3.68. The van der Waals surface area contributed by atoms with E-state index in [9.17, 15) is 9.90 Å². The third-order valence-corrected chi connectivity index (χ3v) is 8.83. The lowest BCUT2D eigenvalue weighted by Gasteiger charge is -2.32. The molecule has 1 unspecified atom stereocenters. The zero-order chi connectivity index (χ0) is 32.5. The Morgan fingerprint density at radius 2 is 1.26 bits per heavy atom. The van der Waals surface area contributed by atoms with Crippen LogP contribution in [0, 0.1) is 0 Å². The summed E-state index contributed by atoms with van der Waals surface area (Å²) in [5.74, 6) is 1.34. The number of esters is 1. The standard InChI is InChI=1S/C41H42O5/c1-40(2,3)46-37(42)13-8-6-7-10-29-24-33(20-23-36(29)45-5)41(43,32-18-21-35(44-4)22-19-32)34-25-30-16-14-27-11-9-12-28-15-17-31(26-34)39(30)38(27)28/h9,11-12,14-26,43H,6-8,10,13H2,1-5H3. The molecular formula is C41H42O5. The number of benzene rings is 6. The molecule has 0 fully saturated rings. The zero-order valence-electron chi connectivity index (χ0n) is 27.4. The molecule has 236 valence electrons. The summed E-state index contributed by atoms with van der Waals surface area (Å²) >= 11 is 0. The van der Waals surface area contributed by atoms with E-state index in [2.05, 4.69) is 60.7 Å². The van der Waals surface area contributed by atoms with Gasteiger partial charge < -0.3 is 19.3 Å². The number of aryl methyl sites for hydroxylation is 1. The lowest BCUT2D eigenvalue weighted by molar-refractivity contribution is -0.154. The van der Waals surface area contributed by atoms with Crippen molar-refractivity contribution >= 4 is 38.3 Å². The molecule has 0 amide bonds. The second kappa shape index (κ2) is 12.6. The molecule has 0 saturated heterocycles. The second-order valence-electron chi connectivity index (χ2n) is 13.1. The Balaban J connectivity index is 1.38. The number of unbranched alkanes of at least 4 members (excludes halogenated alkanes) is 2. The van der Waals surface area contributed by atoms with E-state index in [1.165, 1.54) is 21.5 Å². The average Bonchev–Trinajstić information content (AvgIpc) is 3.05. The normalized spacial score (nSPS) is 13.3. The molecule has 5 nitrogen and oxygen atoms in total. The smallest absolute Gasteiger partial charge is 0.306 e. The minimum Gasteiger partial charge on any atom is -0.497 e. The van der Waals surface area contributed by atoms with Crippen molar-refractivity contribution in [2.75, 3.05) is 14.2 Å². The maximum atomic E-state index is 13.0. The summed E-state index contributed by atoms with van der Waals surface area (Å²) in [5.41, 5.74) is 1.39. The molecule has 5 heteroatoms. The Morgan fingerprint density at radius 3 is 1.87 bits per heavy atom. The second-order valence-corrected chi connectivity index (χ2v) is 13.1. The Labute approximate surface area is 271 Å². The summed E-state index contributed by atoms with van der Waals surface area (Å²) in [6.45, 7) is 5.66. The van der Waals surface area contributed by atoms with Crippen molar-refractivity contribution in [2.45, 2.75) is 64.1 Å². The molecule has 0 saturated carbocycles. The quantitative estimate of drug-likeness (QED) is 0.0682. The molecule has 0 bridgehead atoms. The lowest BCUT2D eigenvalue weighted by Crippen LogP contribution is -2.29. The highest BCUT2D eigenvalue weighted by Crippen LogP contribution is 2.43. The molecule has 46 heavy (non-hydrogen) atoms. The van der Waals surface area contributed by atoms with Gasteiger partial charge in [-0.3, -0.25) is 4.79 Å². The van der Waals surface area contributed by atoms with Crippen molar-refractivity contribution < 1.29 is 24.1 Å². The van der Waals surface area contributed by atoms with Crippen LogP contribution in [0.3, 0.4) is 0 Å². The van der Waals surface area contributed by atoms with Gasteiger partial charge in [-0.25, -0.2) is 0 Å². The van der Waals surface area contributed by atoms with Gasteiger partial charge in [0.15, 0.2) is 0 Å². The minimum absolute atomic E-state index is 0.162. The van der Waals surface area contributed by atoms with Gasteiger partial charge in [0.25, 0.3) is 0 Å². The first-order valence-electron chi connectivity index (χ1n) is 16.0. The van der Waals surface area contributed by atoms with Gasteiger partial charge in [-0.05, 0) is 131 Å². The SMILES string of the molecule is COc1ccc(C(O)(c2ccc(OC)c(CCCCCC(=O)OC(C)(C)C)c2)c2cc3ccc4cccc5ccc(c2)c3c45)cc1. The Kier molecular flexibility index (Phi) is 8.63. The van der Waals surface area contributed by atoms with Crippen LogP contribution in [0.1, 0.15) is 68.7 Å². The van der Waals surface area contributed by atoms with Crippen molar-refractivity contribution in [3.05, 3.63) is 119 Å². The first-order chi connectivity index (χ1) is 22.1. The van der Waals surface area contributed by atoms with Gasteiger partial charge in [-0.2, -0.15) is 0 Å². The number of rotatable bonds is 11. The summed E-state index contributed by atoms with van der Waals surface area (Å²) in [5, 5.41) is 20.0. The number of ether oxygens (including phenoxy) is 3. The summed E-state index contributed by atoms with van der Waals surface area (Å²) in [4.78, 5) is 12.2. The maximum absolute atomic E-state index is 13.0. The molecule has 6 rings (SSSR count). The van der Waals surface area contributed by atoms with Crippen molar-refractivity contribution in [1.29, 1.82) is 0 Å². The topological polar surface area (TPSA) is 65.0 Å². The molecular weight excluding hydrogens is 572 g/mol. The van der Waals surface area contributed by atoms with Gasteiger partial charge in [0.1, 0.15) is 22.7 Å². The van der Waals surface area contributed by atoms with Crippen molar-refractivity contribution in [1.82, 2.24) is 0 Å². The van der Waals surface area contributed by atoms with Crippen molar-refractivity contribution in [3.63, 3.8) is 0 Å². The largest absolute Gasteiger partial charge is 0.497 e. The molecule has 0 aliphatic carbocycles. The lowest BCUT2D eigenvalue weighted by atomic mass is 9.78. The van der Waals surface area contributed by atoms with Crippen LogP contribution in [-0.2, 0) is 21.6 Å². The van der Waals surface area contributed by atoms with Gasteiger partial charge >= 0.3 is 5.97 Å². The van der Waals surface area contributed by atoms with Crippen LogP contribution < -0.4 is 9.47 Å². The Hall–Kier alpha value is -4.61. The molecule has 1 atom stereocenters. The van der Waals surface area contributed by atoms with E-state index in [4.69, 9.17) is 14.2 Å². The average molecular weight is 615 g/mol. The third kappa shape index (κ3) is 6.12. The number of methoxy groups -OCH3 is 2. The van der Waals surface area contributed by atoms with Gasteiger partial charge in [0, 0.05) is 6.42 Å². The summed E-state index contributed by atoms with van der Waals surface area (Å²) < 4.78 is 16.7. The van der Waals surface area contributed by atoms with Gasteiger partial charge in [0.05, 0.1) is 14.2 Å². The monoisotopic (exact) mass is 614 g/mol. The molecule has 0 spiro atoms. The zero-order valence-corrected chi connectivity index (χ0v) is 27.4. The first kappa shape index (κ1) is 31.4. The molecule has 0 aliphatic heterocycles. The van der Waals surface area contributed by atoms with Crippen molar-refractivity contribution in [2.24, 2.45) is 0 Å². The van der Waals surface area contributed by atoms with Crippen LogP contribution >= 0.6 is 0 Å². The third-order valence-electron chi connectivity index (χ3n) is 8.83. The Morgan fingerprint density at radius 1 is 0.652 bits per heavy atom. The van der Waals surface area contributed by atoms with E-state index >= 15 is 0 Å². The molecule has 1 N–H and O–H groups in total. The molecule has 0 heterocycles. The summed E-state index contributed by atoms with van der Waals surface area (Å²) in [7, 11) is 3.32. The van der Waals surface area contributed by atoms with Gasteiger partial charge in [-0.15, -0.1) is 0 Å². The van der Waals surface area contributed by atoms with Gasteiger partial charge in [0.2, 0.25) is 0 Å². The van der Waals surface area contributed by atoms with Crippen molar-refractivity contribution in [3.8, 4) is 11.5 Å². The number of carbonyl (C=O) groups excluding carboxylic acids is 1. The van der Waals surface area contributed by atoms with Crippen LogP contribution in [0.25, 0.3) is 32.3 Å². The Bertz CT molecular complexity index is 1920. The number of carbonyl (C=O) groups is 1. The summed E-state index contributed by atoms with van der Waals surface area (Å²) in [6, 6.07) is 32.9. The van der Waals surface area contributed by atoms with E-state index < -0.39 is 11.2 Å².